The van der Waals surface area contributed by atoms with E-state index < -0.39 is 11.7 Å². The zero-order valence-corrected chi connectivity index (χ0v) is 16.3. The van der Waals surface area contributed by atoms with Crippen LogP contribution in [0.2, 0.25) is 0 Å². The maximum absolute atomic E-state index is 12.9. The average molecular weight is 410 g/mol. The zero-order valence-electron chi connectivity index (χ0n) is 15.5. The molecule has 2 aromatic rings. The summed E-state index contributed by atoms with van der Waals surface area (Å²) in [7, 11) is 1.56. The van der Waals surface area contributed by atoms with E-state index in [1.807, 2.05) is 18.2 Å². The van der Waals surface area contributed by atoms with Gasteiger partial charge >= 0.3 is 5.97 Å². The Morgan fingerprint density at radius 3 is 2.72 bits per heavy atom. The van der Waals surface area contributed by atoms with Crippen LogP contribution in [-0.2, 0) is 4.79 Å². The van der Waals surface area contributed by atoms with Crippen LogP contribution in [0.5, 0.6) is 11.5 Å². The second-order valence-electron chi connectivity index (χ2n) is 5.96. The lowest BCUT2D eigenvalue weighted by atomic mass is 10.2. The normalized spacial score (nSPS) is 16.4. The Morgan fingerprint density at radius 1 is 1.31 bits per heavy atom. The molecule has 0 unspecified atom stereocenters. The Morgan fingerprint density at radius 2 is 2.07 bits per heavy atom. The first-order chi connectivity index (χ1) is 13.9. The van der Waals surface area contributed by atoms with Gasteiger partial charge in [-0.15, -0.1) is 6.58 Å². The maximum Gasteiger partial charge on any atom is 0.339 e. The van der Waals surface area contributed by atoms with Gasteiger partial charge in [0.05, 0.1) is 17.7 Å². The molecule has 0 aromatic heterocycles. The van der Waals surface area contributed by atoms with Gasteiger partial charge in [0.25, 0.3) is 5.91 Å². The number of carboxylic acids is 1. The summed E-state index contributed by atoms with van der Waals surface area (Å²) in [5.41, 5.74) is 0.869. The Bertz CT molecular complexity index is 1050. The predicted molar refractivity (Wildman–Crippen MR) is 113 cm³/mol. The second-order valence-corrected chi connectivity index (χ2v) is 6.97. The van der Waals surface area contributed by atoms with Crippen molar-refractivity contribution in [3.63, 3.8) is 0 Å². The molecule has 1 aliphatic rings. The Hall–Kier alpha value is -3.52. The quantitative estimate of drug-likeness (QED) is 0.554. The van der Waals surface area contributed by atoms with E-state index in [9.17, 15) is 14.7 Å². The molecule has 2 aromatic carbocycles. The molecule has 0 aliphatic carbocycles. The van der Waals surface area contributed by atoms with E-state index in [-0.39, 0.29) is 18.0 Å². The Labute approximate surface area is 171 Å². The minimum atomic E-state index is -1.23. The monoisotopic (exact) mass is 410 g/mol. The van der Waals surface area contributed by atoms with Crippen LogP contribution in [0.1, 0.15) is 15.9 Å². The lowest BCUT2D eigenvalue weighted by Gasteiger charge is -2.12. The van der Waals surface area contributed by atoms with Crippen LogP contribution in [0.15, 0.2) is 65.0 Å². The number of carbonyl (C=O) groups excluding carboxylic acids is 1. The lowest BCUT2D eigenvalue weighted by Crippen LogP contribution is -2.29. The van der Waals surface area contributed by atoms with Crippen LogP contribution >= 0.6 is 11.8 Å². The van der Waals surface area contributed by atoms with Gasteiger partial charge in [-0.1, -0.05) is 24.3 Å². The van der Waals surface area contributed by atoms with E-state index in [1.165, 1.54) is 34.9 Å². The first-order valence-electron chi connectivity index (χ1n) is 8.55. The third-order valence-electron chi connectivity index (χ3n) is 4.06. The molecule has 0 spiro atoms. The van der Waals surface area contributed by atoms with E-state index in [2.05, 4.69) is 11.6 Å². The summed E-state index contributed by atoms with van der Waals surface area (Å²) in [5.74, 6) is -1.22. The average Bonchev–Trinajstić information content (AvgIpc) is 2.97. The predicted octanol–water partition coefficient (Wildman–Crippen LogP) is 3.89. The number of thioether (sulfide) groups is 1. The molecular formula is C21H18N2O5S. The molecule has 0 radical (unpaired) electrons. The number of methoxy groups -OCH3 is 1. The molecule has 0 atom stereocenters. The van der Waals surface area contributed by atoms with Crippen LogP contribution in [0.25, 0.3) is 6.08 Å². The van der Waals surface area contributed by atoms with Gasteiger partial charge in [-0.3, -0.25) is 9.69 Å². The van der Waals surface area contributed by atoms with Gasteiger partial charge in [-0.05, 0) is 36.0 Å². The fourth-order valence-corrected chi connectivity index (χ4v) is 3.69. The highest BCUT2D eigenvalue weighted by Gasteiger charge is 2.32. The molecule has 8 heteroatoms. The van der Waals surface area contributed by atoms with E-state index in [1.54, 1.807) is 25.3 Å². The smallest absolute Gasteiger partial charge is 0.339 e. The molecule has 1 aliphatic heterocycles. The number of aromatic carboxylic acids is 1. The molecule has 2 N–H and O–H groups in total. The molecule has 1 fully saturated rings. The van der Waals surface area contributed by atoms with Crippen LogP contribution < -0.4 is 4.74 Å². The number of para-hydroxylation sites is 1. The summed E-state index contributed by atoms with van der Waals surface area (Å²) in [6.45, 7) is 3.94. The maximum atomic E-state index is 12.9. The molecular weight excluding hydrogens is 392 g/mol. The van der Waals surface area contributed by atoms with Crippen molar-refractivity contribution < 1.29 is 24.5 Å². The number of ether oxygens (including phenoxy) is 1. The fraction of sp³-hybridized carbons (Fsp3) is 0.0952. The van der Waals surface area contributed by atoms with Crippen molar-refractivity contribution >= 4 is 40.6 Å². The molecule has 3 rings (SSSR count). The van der Waals surface area contributed by atoms with Crippen LogP contribution in [0.3, 0.4) is 0 Å². The molecule has 29 heavy (non-hydrogen) atoms. The van der Waals surface area contributed by atoms with Crippen LogP contribution in [0, 0.1) is 0 Å². The number of carbonyl (C=O) groups is 2. The van der Waals surface area contributed by atoms with Crippen molar-refractivity contribution in [2.45, 2.75) is 0 Å². The van der Waals surface area contributed by atoms with Crippen LogP contribution in [0.4, 0.5) is 5.69 Å². The van der Waals surface area contributed by atoms with E-state index >= 15 is 0 Å². The second kappa shape index (κ2) is 8.66. The number of hydrogen-bond acceptors (Lipinski definition) is 6. The summed E-state index contributed by atoms with van der Waals surface area (Å²) in [6, 6.07) is 11.3. The molecule has 7 nitrogen and oxygen atoms in total. The van der Waals surface area contributed by atoms with Crippen molar-refractivity contribution in [1.82, 2.24) is 4.90 Å². The SMILES string of the molecule is C=CCN1C(=O)/C(=C/c2ccccc2OC)SC1=Nc1ccc(C(=O)O)c(O)c1. The summed E-state index contributed by atoms with van der Waals surface area (Å²) >= 11 is 1.18. The number of carboxylic acid groups (broad SMARTS) is 1. The number of nitrogens with zero attached hydrogens (tertiary/aromatic N) is 2. The number of aromatic hydroxyl groups is 1. The molecule has 0 bridgehead atoms. The van der Waals surface area contributed by atoms with Gasteiger partial charge < -0.3 is 14.9 Å². The largest absolute Gasteiger partial charge is 0.507 e. The number of aliphatic imine (C=N–C) groups is 1. The van der Waals surface area contributed by atoms with Crippen molar-refractivity contribution in [2.75, 3.05) is 13.7 Å². The van der Waals surface area contributed by atoms with E-state index in [4.69, 9.17) is 9.84 Å². The van der Waals surface area contributed by atoms with Crippen molar-refractivity contribution in [3.8, 4) is 11.5 Å². The molecule has 1 amide bonds. The lowest BCUT2D eigenvalue weighted by molar-refractivity contribution is -0.121. The van der Waals surface area contributed by atoms with Gasteiger partial charge in [0.1, 0.15) is 17.1 Å². The molecule has 1 saturated heterocycles. The summed E-state index contributed by atoms with van der Waals surface area (Å²) in [4.78, 5) is 30.2. The first-order valence-corrected chi connectivity index (χ1v) is 9.36. The highest BCUT2D eigenvalue weighted by atomic mass is 32.2. The van der Waals surface area contributed by atoms with E-state index in [0.717, 1.165) is 5.56 Å². The van der Waals surface area contributed by atoms with Gasteiger partial charge in [0.2, 0.25) is 0 Å². The standard InChI is InChI=1S/C21H18N2O5S/c1-3-10-23-19(25)18(11-13-6-4-5-7-17(13)28-2)29-21(23)22-14-8-9-15(20(26)27)16(24)12-14/h3-9,11-12,24H,1,10H2,2H3,(H,26,27)/b18-11-,22-21?. The molecule has 1 heterocycles. The Kier molecular flexibility index (Phi) is 6.04. The zero-order chi connectivity index (χ0) is 21.0. The number of amides is 1. The summed E-state index contributed by atoms with van der Waals surface area (Å²) in [5, 5.41) is 19.3. The highest BCUT2D eigenvalue weighted by molar-refractivity contribution is 8.18. The van der Waals surface area contributed by atoms with Crippen LogP contribution in [-0.4, -0.2) is 45.8 Å². The minimum Gasteiger partial charge on any atom is -0.507 e. The third-order valence-corrected chi connectivity index (χ3v) is 5.07. The highest BCUT2D eigenvalue weighted by Crippen LogP contribution is 2.36. The minimum absolute atomic E-state index is 0.219. The number of hydrogen-bond donors (Lipinski definition) is 2. The van der Waals surface area contributed by atoms with Crippen molar-refractivity contribution in [2.24, 2.45) is 4.99 Å². The number of benzene rings is 2. The fourth-order valence-electron chi connectivity index (χ4n) is 2.69. The van der Waals surface area contributed by atoms with Gasteiger partial charge in [0.15, 0.2) is 5.17 Å². The molecule has 0 saturated carbocycles. The topological polar surface area (TPSA) is 99.4 Å². The van der Waals surface area contributed by atoms with Gasteiger partial charge in [-0.25, -0.2) is 9.79 Å². The first kappa shape index (κ1) is 20.2. The van der Waals surface area contributed by atoms with Crippen molar-refractivity contribution in [3.05, 3.63) is 71.2 Å². The summed E-state index contributed by atoms with van der Waals surface area (Å²) < 4.78 is 5.33. The molecule has 148 valence electrons. The third kappa shape index (κ3) is 4.33. The number of rotatable bonds is 6. The number of amidine groups is 1. The number of phenols is 1. The summed E-state index contributed by atoms with van der Waals surface area (Å²) in [6.07, 6.45) is 3.32. The van der Waals surface area contributed by atoms with Gasteiger partial charge in [0, 0.05) is 18.2 Å². The Balaban J connectivity index is 1.98. The van der Waals surface area contributed by atoms with E-state index in [0.29, 0.717) is 21.5 Å². The van der Waals surface area contributed by atoms with Crippen molar-refractivity contribution in [1.29, 1.82) is 0 Å². The van der Waals surface area contributed by atoms with Gasteiger partial charge in [-0.2, -0.15) is 0 Å².